The summed E-state index contributed by atoms with van der Waals surface area (Å²) in [5.41, 5.74) is 3.67. The van der Waals surface area contributed by atoms with E-state index in [4.69, 9.17) is 4.74 Å². The number of carbonyl (C=O) groups is 2. The van der Waals surface area contributed by atoms with E-state index in [-0.39, 0.29) is 17.9 Å². The number of aromatic nitrogens is 2. The number of hydrogen-bond donors (Lipinski definition) is 2. The van der Waals surface area contributed by atoms with E-state index < -0.39 is 0 Å². The van der Waals surface area contributed by atoms with Crippen molar-refractivity contribution in [2.75, 3.05) is 30.8 Å². The Bertz CT molecular complexity index is 1150. The minimum Gasteiger partial charge on any atom is -0.497 e. The number of amides is 3. The van der Waals surface area contributed by atoms with Crippen LogP contribution in [0.5, 0.6) is 5.75 Å². The molecule has 0 bridgehead atoms. The fourth-order valence-corrected chi connectivity index (χ4v) is 4.73. The van der Waals surface area contributed by atoms with Crippen molar-refractivity contribution in [1.82, 2.24) is 15.1 Å². The molecule has 8 nitrogen and oxygen atoms in total. The van der Waals surface area contributed by atoms with Gasteiger partial charge in [0.1, 0.15) is 10.8 Å². The van der Waals surface area contributed by atoms with Crippen LogP contribution in [0.3, 0.4) is 0 Å². The molecule has 1 aromatic heterocycles. The van der Waals surface area contributed by atoms with E-state index in [0.717, 1.165) is 40.4 Å². The molecule has 1 atom stereocenters. The normalized spacial score (nSPS) is 15.7. The van der Waals surface area contributed by atoms with E-state index in [9.17, 15) is 9.59 Å². The lowest BCUT2D eigenvalue weighted by atomic mass is 9.99. The maximum atomic E-state index is 12.9. The predicted molar refractivity (Wildman–Crippen MR) is 129 cm³/mol. The first kappa shape index (κ1) is 22.7. The summed E-state index contributed by atoms with van der Waals surface area (Å²) in [7, 11) is 1.59. The van der Waals surface area contributed by atoms with Crippen molar-refractivity contribution >= 4 is 34.6 Å². The van der Waals surface area contributed by atoms with Crippen molar-refractivity contribution in [3.63, 3.8) is 0 Å². The number of carbonyl (C=O) groups excluding carboxylic acids is 2. The van der Waals surface area contributed by atoms with Crippen molar-refractivity contribution in [3.05, 3.63) is 63.6 Å². The van der Waals surface area contributed by atoms with Gasteiger partial charge in [0.05, 0.1) is 7.11 Å². The van der Waals surface area contributed by atoms with Crippen LogP contribution in [-0.2, 0) is 0 Å². The number of nitrogens with zero attached hydrogens (tertiary/aromatic N) is 3. The van der Waals surface area contributed by atoms with Gasteiger partial charge in [-0.15, -0.1) is 10.2 Å². The third-order valence-electron chi connectivity index (χ3n) is 5.66. The largest absolute Gasteiger partial charge is 0.497 e. The van der Waals surface area contributed by atoms with Crippen molar-refractivity contribution in [1.29, 1.82) is 0 Å². The Hall–Kier alpha value is -3.46. The second kappa shape index (κ2) is 9.99. The van der Waals surface area contributed by atoms with Crippen LogP contribution in [0.25, 0.3) is 0 Å². The number of piperidine rings is 1. The predicted octanol–water partition coefficient (Wildman–Crippen LogP) is 4.83. The minimum absolute atomic E-state index is 0.0589. The summed E-state index contributed by atoms with van der Waals surface area (Å²) in [5, 5.41) is 15.3. The van der Waals surface area contributed by atoms with E-state index in [1.165, 1.54) is 11.3 Å². The van der Waals surface area contributed by atoms with Crippen molar-refractivity contribution in [2.24, 2.45) is 0 Å². The molecule has 0 unspecified atom stereocenters. The zero-order valence-electron chi connectivity index (χ0n) is 18.9. The van der Waals surface area contributed by atoms with Gasteiger partial charge in [-0.25, -0.2) is 4.79 Å². The molecule has 4 rings (SSSR count). The molecular weight excluding hydrogens is 438 g/mol. The highest BCUT2D eigenvalue weighted by Crippen LogP contribution is 2.30. The first-order chi connectivity index (χ1) is 15.9. The number of ether oxygens (including phenoxy) is 1. The quantitative estimate of drug-likeness (QED) is 0.563. The molecule has 1 fully saturated rings. The first-order valence-electron chi connectivity index (χ1n) is 10.8. The molecule has 172 valence electrons. The van der Waals surface area contributed by atoms with Crippen LogP contribution >= 0.6 is 11.3 Å². The number of nitrogens with one attached hydrogen (secondary N) is 2. The second-order valence-electron chi connectivity index (χ2n) is 8.16. The lowest BCUT2D eigenvalue weighted by Crippen LogP contribution is -2.41. The Kier molecular flexibility index (Phi) is 6.88. The molecule has 1 aliphatic heterocycles. The summed E-state index contributed by atoms with van der Waals surface area (Å²) in [4.78, 5) is 27.3. The zero-order chi connectivity index (χ0) is 23.4. The van der Waals surface area contributed by atoms with Gasteiger partial charge in [0.25, 0.3) is 5.91 Å². The van der Waals surface area contributed by atoms with Crippen molar-refractivity contribution in [3.8, 4) is 5.75 Å². The topological polar surface area (TPSA) is 96.4 Å². The van der Waals surface area contributed by atoms with Gasteiger partial charge in [0, 0.05) is 30.4 Å². The van der Waals surface area contributed by atoms with Crippen molar-refractivity contribution < 1.29 is 14.3 Å². The molecule has 3 amide bonds. The summed E-state index contributed by atoms with van der Waals surface area (Å²) in [5.74, 6) is 0.474. The Morgan fingerprint density at radius 1 is 1.09 bits per heavy atom. The monoisotopic (exact) mass is 465 g/mol. The number of benzene rings is 2. The van der Waals surface area contributed by atoms with Crippen molar-refractivity contribution in [2.45, 2.75) is 32.6 Å². The summed E-state index contributed by atoms with van der Waals surface area (Å²) >= 11 is 1.28. The number of anilines is 2. The maximum absolute atomic E-state index is 12.9. The molecule has 1 saturated heterocycles. The summed E-state index contributed by atoms with van der Waals surface area (Å²) in [6.45, 7) is 5.26. The SMILES string of the molecule is COc1ccc(NC(=O)c2nnc([C@H]3CCCN(C(=O)Nc4ccc(C)cc4C)C3)s2)cc1. The van der Waals surface area contributed by atoms with E-state index in [1.54, 1.807) is 31.4 Å². The molecule has 2 aromatic carbocycles. The molecule has 0 aliphatic carbocycles. The average molecular weight is 466 g/mol. The number of likely N-dealkylation sites (tertiary alicyclic amines) is 1. The molecule has 33 heavy (non-hydrogen) atoms. The lowest BCUT2D eigenvalue weighted by molar-refractivity contribution is 0.102. The van der Waals surface area contributed by atoms with Crippen LogP contribution in [0.1, 0.15) is 44.7 Å². The second-order valence-corrected chi connectivity index (χ2v) is 9.17. The summed E-state index contributed by atoms with van der Waals surface area (Å²) < 4.78 is 5.13. The van der Waals surface area contributed by atoms with Crippen LogP contribution in [0.2, 0.25) is 0 Å². The van der Waals surface area contributed by atoms with E-state index in [2.05, 4.69) is 20.8 Å². The maximum Gasteiger partial charge on any atom is 0.321 e. The molecule has 0 spiro atoms. The van der Waals surface area contributed by atoms with Gasteiger partial charge in [0.15, 0.2) is 0 Å². The Labute approximate surface area is 197 Å². The molecular formula is C24H27N5O3S. The standard InChI is InChI=1S/C24H27N5O3S/c1-15-6-11-20(16(2)13-15)26-24(31)29-12-4-5-17(14-29)22-27-28-23(33-22)21(30)25-18-7-9-19(32-3)10-8-18/h6-11,13,17H,4-5,12,14H2,1-3H3,(H,25,30)(H,26,31)/t17-/m0/s1. The number of aryl methyl sites for hydroxylation is 2. The van der Waals surface area contributed by atoms with Gasteiger partial charge < -0.3 is 20.3 Å². The number of methoxy groups -OCH3 is 1. The van der Waals surface area contributed by atoms with Crippen LogP contribution in [0.4, 0.5) is 16.2 Å². The van der Waals surface area contributed by atoms with E-state index in [0.29, 0.717) is 23.8 Å². The van der Waals surface area contributed by atoms with Gasteiger partial charge in [0.2, 0.25) is 5.01 Å². The average Bonchev–Trinajstić information content (AvgIpc) is 3.32. The number of rotatable bonds is 5. The first-order valence-corrected chi connectivity index (χ1v) is 11.7. The third kappa shape index (κ3) is 5.48. The van der Waals surface area contributed by atoms with Gasteiger partial charge in [-0.05, 0) is 62.6 Å². The lowest BCUT2D eigenvalue weighted by Gasteiger charge is -2.31. The third-order valence-corrected chi connectivity index (χ3v) is 6.75. The molecule has 0 saturated carbocycles. The van der Waals surface area contributed by atoms with Gasteiger partial charge >= 0.3 is 6.03 Å². The molecule has 2 heterocycles. The van der Waals surface area contributed by atoms with Gasteiger partial charge in [-0.1, -0.05) is 29.0 Å². The molecule has 0 radical (unpaired) electrons. The number of hydrogen-bond acceptors (Lipinski definition) is 6. The molecule has 2 N–H and O–H groups in total. The highest BCUT2D eigenvalue weighted by Gasteiger charge is 2.28. The Morgan fingerprint density at radius 2 is 1.88 bits per heavy atom. The molecule has 3 aromatic rings. The summed E-state index contributed by atoms with van der Waals surface area (Å²) in [6, 6.07) is 13.0. The van der Waals surface area contributed by atoms with Crippen LogP contribution in [0.15, 0.2) is 42.5 Å². The Balaban J connectivity index is 1.38. The Morgan fingerprint density at radius 3 is 2.61 bits per heavy atom. The summed E-state index contributed by atoms with van der Waals surface area (Å²) in [6.07, 6.45) is 1.78. The zero-order valence-corrected chi connectivity index (χ0v) is 19.7. The minimum atomic E-state index is -0.302. The van der Waals surface area contributed by atoms with E-state index in [1.807, 2.05) is 36.9 Å². The smallest absolute Gasteiger partial charge is 0.321 e. The highest BCUT2D eigenvalue weighted by atomic mass is 32.1. The van der Waals surface area contributed by atoms with Gasteiger partial charge in [-0.3, -0.25) is 4.79 Å². The molecule has 1 aliphatic rings. The van der Waals surface area contributed by atoms with Crippen LogP contribution < -0.4 is 15.4 Å². The highest BCUT2D eigenvalue weighted by molar-refractivity contribution is 7.13. The fraction of sp³-hybridized carbons (Fsp3) is 0.333. The fourth-order valence-electron chi connectivity index (χ4n) is 3.86. The number of urea groups is 1. The van der Waals surface area contributed by atoms with Gasteiger partial charge in [-0.2, -0.15) is 0 Å². The molecule has 9 heteroatoms. The van der Waals surface area contributed by atoms with E-state index >= 15 is 0 Å². The van der Waals surface area contributed by atoms with Crippen LogP contribution in [0, 0.1) is 13.8 Å². The van der Waals surface area contributed by atoms with Crippen LogP contribution in [-0.4, -0.2) is 47.2 Å².